The number of aryl methyl sites for hydroxylation is 4. The predicted octanol–water partition coefficient (Wildman–Crippen LogP) is 4.77. The number of hydrogen-bond donors (Lipinski definition) is 1. The van der Waals surface area contributed by atoms with Crippen molar-refractivity contribution in [3.8, 4) is 17.2 Å². The maximum Gasteiger partial charge on any atom is 0.278 e. The van der Waals surface area contributed by atoms with Crippen LogP contribution in [0.1, 0.15) is 27.4 Å². The summed E-state index contributed by atoms with van der Waals surface area (Å²) < 4.78 is 14.9. The van der Waals surface area contributed by atoms with E-state index in [0.717, 1.165) is 33.4 Å². The number of hydrogen-bond acceptors (Lipinski definition) is 6. The lowest BCUT2D eigenvalue weighted by Crippen LogP contribution is -2.15. The molecular formula is C26H26N6O3. The average Bonchev–Trinajstić information content (AvgIpc) is 3.57. The Morgan fingerprint density at radius 1 is 1.11 bits per heavy atom. The number of nitrogens with one attached hydrogen (secondary N) is 1. The van der Waals surface area contributed by atoms with Crippen molar-refractivity contribution in [2.45, 2.75) is 33.9 Å². The van der Waals surface area contributed by atoms with Crippen molar-refractivity contribution in [2.24, 2.45) is 0 Å². The van der Waals surface area contributed by atoms with Crippen LogP contribution >= 0.6 is 0 Å². The predicted molar refractivity (Wildman–Crippen MR) is 133 cm³/mol. The van der Waals surface area contributed by atoms with E-state index in [4.69, 9.17) is 9.15 Å². The first-order valence-corrected chi connectivity index (χ1v) is 11.3. The summed E-state index contributed by atoms with van der Waals surface area (Å²) in [5.41, 5.74) is 5.44. The molecular weight excluding hydrogens is 444 g/mol. The fourth-order valence-electron chi connectivity index (χ4n) is 4.24. The Hall–Kier alpha value is -4.40. The summed E-state index contributed by atoms with van der Waals surface area (Å²) in [7, 11) is 1.61. The lowest BCUT2D eigenvalue weighted by molar-refractivity contribution is 0.102. The number of aromatic nitrogens is 5. The maximum absolute atomic E-state index is 13.1. The molecule has 5 aromatic rings. The minimum atomic E-state index is -0.336. The topological polar surface area (TPSA) is 100 Å². The van der Waals surface area contributed by atoms with Gasteiger partial charge in [-0.25, -0.2) is 9.97 Å². The molecule has 0 saturated heterocycles. The first-order chi connectivity index (χ1) is 16.9. The molecule has 0 fully saturated rings. The van der Waals surface area contributed by atoms with E-state index in [-0.39, 0.29) is 11.6 Å². The van der Waals surface area contributed by atoms with Crippen LogP contribution in [-0.4, -0.2) is 37.3 Å². The summed E-state index contributed by atoms with van der Waals surface area (Å²) in [5.74, 6) is 0.682. The summed E-state index contributed by atoms with van der Waals surface area (Å²) in [5, 5.41) is 8.69. The van der Waals surface area contributed by atoms with Gasteiger partial charge in [0.1, 0.15) is 0 Å². The highest BCUT2D eigenvalue weighted by Gasteiger charge is 2.21. The Morgan fingerprint density at radius 3 is 2.77 bits per heavy atom. The van der Waals surface area contributed by atoms with Crippen molar-refractivity contribution in [1.29, 1.82) is 0 Å². The van der Waals surface area contributed by atoms with Crippen molar-refractivity contribution >= 4 is 22.5 Å². The molecule has 4 heterocycles. The van der Waals surface area contributed by atoms with E-state index in [2.05, 4.69) is 25.0 Å². The number of oxazole rings is 1. The fraction of sp³-hybridized carbons (Fsp3) is 0.231. The van der Waals surface area contributed by atoms with E-state index in [9.17, 15) is 4.79 Å². The lowest BCUT2D eigenvalue weighted by Gasteiger charge is -2.09. The zero-order valence-electron chi connectivity index (χ0n) is 20.1. The van der Waals surface area contributed by atoms with E-state index in [0.29, 0.717) is 30.4 Å². The number of amides is 1. The number of ether oxygens (including phenoxy) is 1. The molecule has 0 atom stereocenters. The first-order valence-electron chi connectivity index (χ1n) is 11.3. The second-order valence-electron chi connectivity index (χ2n) is 8.42. The van der Waals surface area contributed by atoms with Crippen molar-refractivity contribution in [1.82, 2.24) is 24.3 Å². The summed E-state index contributed by atoms with van der Waals surface area (Å²) in [6.45, 7) is 7.15. The number of carbonyl (C=O) groups excluding carboxylic acids is 1. The lowest BCUT2D eigenvalue weighted by atomic mass is 10.1. The molecule has 178 valence electrons. The van der Waals surface area contributed by atoms with E-state index in [1.54, 1.807) is 13.3 Å². The Labute approximate surface area is 202 Å². The highest BCUT2D eigenvalue weighted by molar-refractivity contribution is 6.06. The molecule has 0 spiro atoms. The molecule has 35 heavy (non-hydrogen) atoms. The van der Waals surface area contributed by atoms with Crippen LogP contribution in [0.3, 0.4) is 0 Å². The minimum absolute atomic E-state index is 0.239. The van der Waals surface area contributed by atoms with Crippen LogP contribution in [0.2, 0.25) is 0 Å². The third-order valence-corrected chi connectivity index (χ3v) is 6.07. The number of anilines is 1. The molecule has 0 radical (unpaired) electrons. The van der Waals surface area contributed by atoms with Crippen molar-refractivity contribution in [3.05, 3.63) is 77.8 Å². The SMILES string of the molecule is COc1cc2c(ccn2CCn2nc(C)c(NC(=O)c3ncoc3-c3cccc(C)c3)c2C)cn1. The van der Waals surface area contributed by atoms with Crippen molar-refractivity contribution < 1.29 is 13.9 Å². The zero-order chi connectivity index (χ0) is 24.5. The van der Waals surface area contributed by atoms with Crippen LogP contribution in [-0.2, 0) is 13.1 Å². The Bertz CT molecular complexity index is 1530. The second kappa shape index (κ2) is 9.09. The molecule has 1 N–H and O–H groups in total. The molecule has 9 nitrogen and oxygen atoms in total. The standard InChI is InChI=1S/C26H26N6O3/c1-16-6-5-7-19(12-16)25-24(28-15-35-25)26(33)29-23-17(2)30-32(18(23)3)11-10-31-9-8-20-14-27-22(34-4)13-21(20)31/h5-9,12-15H,10-11H2,1-4H3,(H,29,33). The van der Waals surface area contributed by atoms with Crippen LogP contribution in [0, 0.1) is 20.8 Å². The Kier molecular flexibility index (Phi) is 5.82. The van der Waals surface area contributed by atoms with E-state index < -0.39 is 0 Å². The van der Waals surface area contributed by atoms with E-state index >= 15 is 0 Å². The number of rotatable bonds is 7. The molecule has 0 aliphatic carbocycles. The summed E-state index contributed by atoms with van der Waals surface area (Å²) >= 11 is 0. The normalized spacial score (nSPS) is 11.2. The molecule has 0 unspecified atom stereocenters. The van der Waals surface area contributed by atoms with Gasteiger partial charge in [0.15, 0.2) is 17.8 Å². The molecule has 9 heteroatoms. The third-order valence-electron chi connectivity index (χ3n) is 6.07. The quantitative estimate of drug-likeness (QED) is 0.368. The van der Waals surface area contributed by atoms with Gasteiger partial charge in [0.05, 0.1) is 36.2 Å². The monoisotopic (exact) mass is 470 g/mol. The number of fused-ring (bicyclic) bond motifs is 1. The third kappa shape index (κ3) is 4.28. The highest BCUT2D eigenvalue weighted by Crippen LogP contribution is 2.27. The summed E-state index contributed by atoms with van der Waals surface area (Å²) in [4.78, 5) is 21.6. The van der Waals surface area contributed by atoms with Gasteiger partial charge in [-0.2, -0.15) is 5.10 Å². The molecule has 4 aromatic heterocycles. The van der Waals surface area contributed by atoms with Gasteiger partial charge in [-0.15, -0.1) is 0 Å². The van der Waals surface area contributed by atoms with Crippen LogP contribution in [0.25, 0.3) is 22.2 Å². The molecule has 0 saturated carbocycles. The van der Waals surface area contributed by atoms with E-state index in [1.807, 2.05) is 68.0 Å². The van der Waals surface area contributed by atoms with Gasteiger partial charge in [0.25, 0.3) is 5.91 Å². The maximum atomic E-state index is 13.1. The molecule has 5 rings (SSSR count). The van der Waals surface area contributed by atoms with Gasteiger partial charge in [-0.05, 0) is 32.9 Å². The van der Waals surface area contributed by atoms with Gasteiger partial charge in [0.2, 0.25) is 5.88 Å². The molecule has 0 bridgehead atoms. The van der Waals surface area contributed by atoms with Crippen molar-refractivity contribution in [2.75, 3.05) is 12.4 Å². The first kappa shape index (κ1) is 22.4. The van der Waals surface area contributed by atoms with Crippen LogP contribution < -0.4 is 10.1 Å². The molecule has 1 aromatic carbocycles. The highest BCUT2D eigenvalue weighted by atomic mass is 16.5. The van der Waals surface area contributed by atoms with Crippen LogP contribution in [0.15, 0.2) is 59.6 Å². The average molecular weight is 471 g/mol. The van der Waals surface area contributed by atoms with Gasteiger partial charge in [-0.3, -0.25) is 9.48 Å². The zero-order valence-corrected chi connectivity index (χ0v) is 20.1. The largest absolute Gasteiger partial charge is 0.481 e. The second-order valence-corrected chi connectivity index (χ2v) is 8.42. The van der Waals surface area contributed by atoms with Crippen LogP contribution in [0.4, 0.5) is 5.69 Å². The molecule has 0 aliphatic heterocycles. The fourth-order valence-corrected chi connectivity index (χ4v) is 4.24. The summed E-state index contributed by atoms with van der Waals surface area (Å²) in [6.07, 6.45) is 5.12. The van der Waals surface area contributed by atoms with Crippen molar-refractivity contribution in [3.63, 3.8) is 0 Å². The van der Waals surface area contributed by atoms with Gasteiger partial charge < -0.3 is 19.0 Å². The van der Waals surface area contributed by atoms with Gasteiger partial charge in [-0.1, -0.05) is 23.8 Å². The number of methoxy groups -OCH3 is 1. The number of pyridine rings is 1. The minimum Gasteiger partial charge on any atom is -0.481 e. The number of nitrogens with zero attached hydrogens (tertiary/aromatic N) is 5. The van der Waals surface area contributed by atoms with Gasteiger partial charge in [0, 0.05) is 36.0 Å². The molecule has 0 aliphatic rings. The Morgan fingerprint density at radius 2 is 1.97 bits per heavy atom. The number of benzene rings is 1. The smallest absolute Gasteiger partial charge is 0.278 e. The van der Waals surface area contributed by atoms with Crippen LogP contribution in [0.5, 0.6) is 5.88 Å². The number of carbonyl (C=O) groups is 1. The van der Waals surface area contributed by atoms with E-state index in [1.165, 1.54) is 6.39 Å². The Balaban J connectivity index is 1.35. The van der Waals surface area contributed by atoms with Gasteiger partial charge >= 0.3 is 0 Å². The molecule has 1 amide bonds. The summed E-state index contributed by atoms with van der Waals surface area (Å²) in [6, 6.07) is 11.7.